The third-order valence-corrected chi connectivity index (χ3v) is 5.51. The van der Waals surface area contributed by atoms with Crippen molar-refractivity contribution in [1.82, 2.24) is 9.62 Å². The summed E-state index contributed by atoms with van der Waals surface area (Å²) in [6, 6.07) is 4.92. The maximum absolute atomic E-state index is 12.1. The molecule has 108 valence electrons. The summed E-state index contributed by atoms with van der Waals surface area (Å²) in [6.45, 7) is 5.15. The minimum absolute atomic E-state index is 0.205. The highest BCUT2D eigenvalue weighted by atomic mass is 79.9. The topological polar surface area (TPSA) is 49.4 Å². The van der Waals surface area contributed by atoms with E-state index in [0.29, 0.717) is 28.6 Å². The predicted molar refractivity (Wildman–Crippen MR) is 82.1 cm³/mol. The van der Waals surface area contributed by atoms with Crippen LogP contribution in [0.5, 0.6) is 0 Å². The summed E-state index contributed by atoms with van der Waals surface area (Å²) in [5, 5.41) is 0.485. The Morgan fingerprint density at radius 3 is 2.58 bits per heavy atom. The van der Waals surface area contributed by atoms with Crippen molar-refractivity contribution < 1.29 is 8.42 Å². The monoisotopic (exact) mass is 368 g/mol. The van der Waals surface area contributed by atoms with Gasteiger partial charge in [-0.3, -0.25) is 0 Å². The van der Waals surface area contributed by atoms with Crippen LogP contribution < -0.4 is 4.72 Å². The van der Waals surface area contributed by atoms with Crippen LogP contribution in [0.1, 0.15) is 13.8 Å². The lowest BCUT2D eigenvalue weighted by atomic mass is 10.3. The lowest BCUT2D eigenvalue weighted by molar-refractivity contribution is 0.278. The fraction of sp³-hybridized carbons (Fsp3) is 0.500. The Morgan fingerprint density at radius 2 is 2.05 bits per heavy atom. The molecular weight excluding hydrogens is 352 g/mol. The predicted octanol–water partition coefficient (Wildman–Crippen LogP) is 2.72. The van der Waals surface area contributed by atoms with Crippen molar-refractivity contribution >= 4 is 37.6 Å². The Labute approximate surface area is 128 Å². The van der Waals surface area contributed by atoms with E-state index in [1.54, 1.807) is 6.07 Å². The van der Waals surface area contributed by atoms with Gasteiger partial charge in [-0.05, 0) is 55.0 Å². The molecule has 0 radical (unpaired) electrons. The van der Waals surface area contributed by atoms with Crippen molar-refractivity contribution in [1.29, 1.82) is 0 Å². The lowest BCUT2D eigenvalue weighted by Gasteiger charge is -2.20. The van der Waals surface area contributed by atoms with E-state index in [1.807, 2.05) is 7.05 Å². The molecule has 0 fully saturated rings. The summed E-state index contributed by atoms with van der Waals surface area (Å²) in [5.41, 5.74) is 0. The Kier molecular flexibility index (Phi) is 6.26. The first kappa shape index (κ1) is 16.9. The second-order valence-electron chi connectivity index (χ2n) is 4.55. The Hall–Kier alpha value is -0.140. The molecule has 0 amide bonds. The number of rotatable bonds is 6. The van der Waals surface area contributed by atoms with Crippen LogP contribution in [0.25, 0.3) is 0 Å². The number of sulfonamides is 1. The van der Waals surface area contributed by atoms with Gasteiger partial charge in [-0.2, -0.15) is 0 Å². The second-order valence-corrected chi connectivity index (χ2v) is 7.58. The van der Waals surface area contributed by atoms with Gasteiger partial charge in [0.15, 0.2) is 0 Å². The smallest absolute Gasteiger partial charge is 0.240 e. The van der Waals surface area contributed by atoms with Crippen LogP contribution in [-0.2, 0) is 10.0 Å². The highest BCUT2D eigenvalue weighted by Crippen LogP contribution is 2.25. The molecule has 7 heteroatoms. The second kappa shape index (κ2) is 7.04. The summed E-state index contributed by atoms with van der Waals surface area (Å²) in [4.78, 5) is 2.27. The molecule has 19 heavy (non-hydrogen) atoms. The summed E-state index contributed by atoms with van der Waals surface area (Å²) in [5.74, 6) is 0. The van der Waals surface area contributed by atoms with Gasteiger partial charge in [0.05, 0.1) is 9.92 Å². The van der Waals surface area contributed by atoms with Crippen molar-refractivity contribution in [3.63, 3.8) is 0 Å². The standard InChI is InChI=1S/C12H18BrClN2O2S/c1-9(2)16(3)7-6-15-19(17,18)10-4-5-12(14)11(13)8-10/h4-5,8-9,15H,6-7H2,1-3H3. The number of nitrogens with one attached hydrogen (secondary N) is 1. The van der Waals surface area contributed by atoms with Gasteiger partial charge in [-0.1, -0.05) is 11.6 Å². The van der Waals surface area contributed by atoms with E-state index in [2.05, 4.69) is 39.4 Å². The third kappa shape index (κ3) is 5.04. The van der Waals surface area contributed by atoms with Crippen molar-refractivity contribution in [2.45, 2.75) is 24.8 Å². The summed E-state index contributed by atoms with van der Waals surface area (Å²) >= 11 is 9.06. The SMILES string of the molecule is CC(C)N(C)CCNS(=O)(=O)c1ccc(Cl)c(Br)c1. The number of hydrogen-bond acceptors (Lipinski definition) is 3. The van der Waals surface area contributed by atoms with Crippen LogP contribution >= 0.6 is 27.5 Å². The number of likely N-dealkylation sites (N-methyl/N-ethyl adjacent to an activating group) is 1. The van der Waals surface area contributed by atoms with Gasteiger partial charge < -0.3 is 4.90 Å². The zero-order valence-electron chi connectivity index (χ0n) is 11.2. The fourth-order valence-electron chi connectivity index (χ4n) is 1.34. The number of hydrogen-bond donors (Lipinski definition) is 1. The quantitative estimate of drug-likeness (QED) is 0.839. The van der Waals surface area contributed by atoms with Crippen LogP contribution in [0.4, 0.5) is 0 Å². The molecule has 0 aliphatic rings. The van der Waals surface area contributed by atoms with Gasteiger partial charge in [-0.15, -0.1) is 0 Å². The van der Waals surface area contributed by atoms with Gasteiger partial charge in [0, 0.05) is 23.6 Å². The van der Waals surface area contributed by atoms with Crippen molar-refractivity contribution in [3.05, 3.63) is 27.7 Å². The Balaban J connectivity index is 2.68. The van der Waals surface area contributed by atoms with Gasteiger partial charge in [0.1, 0.15) is 0 Å². The molecule has 0 unspecified atom stereocenters. The first-order valence-corrected chi connectivity index (χ1v) is 8.54. The largest absolute Gasteiger partial charge is 0.303 e. The van der Waals surface area contributed by atoms with E-state index in [4.69, 9.17) is 11.6 Å². The van der Waals surface area contributed by atoms with E-state index in [-0.39, 0.29) is 4.90 Å². The third-order valence-electron chi connectivity index (χ3n) is 2.84. The number of benzene rings is 1. The van der Waals surface area contributed by atoms with Gasteiger partial charge in [-0.25, -0.2) is 13.1 Å². The van der Waals surface area contributed by atoms with Gasteiger partial charge >= 0.3 is 0 Å². The molecule has 4 nitrogen and oxygen atoms in total. The first-order chi connectivity index (χ1) is 8.74. The van der Waals surface area contributed by atoms with Crippen molar-refractivity contribution in [3.8, 4) is 0 Å². The van der Waals surface area contributed by atoms with E-state index < -0.39 is 10.0 Å². The van der Waals surface area contributed by atoms with Crippen LogP contribution in [0, 0.1) is 0 Å². The van der Waals surface area contributed by atoms with Crippen molar-refractivity contribution in [2.24, 2.45) is 0 Å². The zero-order valence-corrected chi connectivity index (χ0v) is 14.3. The minimum Gasteiger partial charge on any atom is -0.303 e. The maximum atomic E-state index is 12.1. The van der Waals surface area contributed by atoms with Crippen LogP contribution in [0.3, 0.4) is 0 Å². The molecule has 0 heterocycles. The fourth-order valence-corrected chi connectivity index (χ4v) is 3.04. The Bertz CT molecular complexity index is 535. The molecule has 1 aromatic carbocycles. The Morgan fingerprint density at radius 1 is 1.42 bits per heavy atom. The number of nitrogens with zero attached hydrogens (tertiary/aromatic N) is 1. The maximum Gasteiger partial charge on any atom is 0.240 e. The molecule has 0 saturated heterocycles. The van der Waals surface area contributed by atoms with Crippen LogP contribution in [0.2, 0.25) is 5.02 Å². The zero-order chi connectivity index (χ0) is 14.6. The average molecular weight is 370 g/mol. The van der Waals surface area contributed by atoms with Crippen LogP contribution in [-0.4, -0.2) is 39.5 Å². The molecule has 0 spiro atoms. The molecule has 0 aliphatic carbocycles. The molecule has 1 N–H and O–H groups in total. The highest BCUT2D eigenvalue weighted by molar-refractivity contribution is 9.10. The molecule has 0 atom stereocenters. The van der Waals surface area contributed by atoms with Crippen LogP contribution in [0.15, 0.2) is 27.6 Å². The minimum atomic E-state index is -3.49. The van der Waals surface area contributed by atoms with E-state index in [1.165, 1.54) is 12.1 Å². The number of halogens is 2. The summed E-state index contributed by atoms with van der Waals surface area (Å²) in [6.07, 6.45) is 0. The normalized spacial score (nSPS) is 12.4. The molecule has 1 rings (SSSR count). The first-order valence-electron chi connectivity index (χ1n) is 5.89. The summed E-state index contributed by atoms with van der Waals surface area (Å²) < 4.78 is 27.2. The lowest BCUT2D eigenvalue weighted by Crippen LogP contribution is -2.36. The molecule has 0 aromatic heterocycles. The van der Waals surface area contributed by atoms with E-state index >= 15 is 0 Å². The molecule has 0 bridgehead atoms. The van der Waals surface area contributed by atoms with E-state index in [9.17, 15) is 8.42 Å². The molecule has 1 aromatic rings. The molecular formula is C12H18BrClN2O2S. The molecule has 0 aliphatic heterocycles. The highest BCUT2D eigenvalue weighted by Gasteiger charge is 2.15. The van der Waals surface area contributed by atoms with Crippen molar-refractivity contribution in [2.75, 3.05) is 20.1 Å². The summed E-state index contributed by atoms with van der Waals surface area (Å²) in [7, 11) is -1.53. The van der Waals surface area contributed by atoms with Gasteiger partial charge in [0.2, 0.25) is 10.0 Å². The van der Waals surface area contributed by atoms with Gasteiger partial charge in [0.25, 0.3) is 0 Å². The molecule has 0 saturated carbocycles. The average Bonchev–Trinajstić information content (AvgIpc) is 2.32. The van der Waals surface area contributed by atoms with E-state index in [0.717, 1.165) is 0 Å².